The van der Waals surface area contributed by atoms with Crippen LogP contribution >= 0.6 is 0 Å². The number of carbonyl (C=O) groups is 3. The summed E-state index contributed by atoms with van der Waals surface area (Å²) in [5, 5.41) is 0. The van der Waals surface area contributed by atoms with E-state index in [-0.39, 0.29) is 24.2 Å². The number of primary amides is 1. The number of ether oxygens (including phenoxy) is 2. The first-order chi connectivity index (χ1) is 14.5. The number of nitrogens with two attached hydrogens (primary N) is 1. The van der Waals surface area contributed by atoms with E-state index in [1.165, 1.54) is 6.92 Å². The Labute approximate surface area is 183 Å². The highest BCUT2D eigenvalue weighted by molar-refractivity contribution is 5.76. The number of halogens is 3. The summed E-state index contributed by atoms with van der Waals surface area (Å²) in [7, 11) is 0. The quantitative estimate of drug-likeness (QED) is 0.227. The van der Waals surface area contributed by atoms with E-state index in [1.807, 2.05) is 0 Å². The third kappa shape index (κ3) is 18.7. The molecule has 0 aliphatic carbocycles. The zero-order valence-corrected chi connectivity index (χ0v) is 18.8. The molecule has 31 heavy (non-hydrogen) atoms. The van der Waals surface area contributed by atoms with Crippen molar-refractivity contribution in [3.63, 3.8) is 0 Å². The molecule has 6 nitrogen and oxygen atoms in total. The monoisotopic (exact) mass is 453 g/mol. The van der Waals surface area contributed by atoms with Crippen molar-refractivity contribution >= 4 is 17.8 Å². The van der Waals surface area contributed by atoms with E-state index >= 15 is 0 Å². The van der Waals surface area contributed by atoms with Crippen LogP contribution in [0.3, 0.4) is 0 Å². The number of esters is 2. The van der Waals surface area contributed by atoms with Crippen LogP contribution < -0.4 is 5.73 Å². The lowest BCUT2D eigenvalue weighted by molar-refractivity contribution is -0.148. The Balaban J connectivity index is 4.17. The Hall–Kier alpha value is -1.80. The van der Waals surface area contributed by atoms with E-state index in [1.54, 1.807) is 6.92 Å². The molecule has 2 atom stereocenters. The normalized spacial score (nSPS) is 13.5. The van der Waals surface area contributed by atoms with Crippen molar-refractivity contribution < 1.29 is 37.0 Å². The molecule has 0 radical (unpaired) electrons. The molecule has 9 heteroatoms. The first-order valence-electron chi connectivity index (χ1n) is 11.2. The summed E-state index contributed by atoms with van der Waals surface area (Å²) in [4.78, 5) is 34.2. The predicted octanol–water partition coefficient (Wildman–Crippen LogP) is 5.22. The molecule has 182 valence electrons. The van der Waals surface area contributed by atoms with Crippen LogP contribution in [0, 0.1) is 5.92 Å². The molecule has 0 rings (SSSR count). The third-order valence-electron chi connectivity index (χ3n) is 5.04. The van der Waals surface area contributed by atoms with Crippen molar-refractivity contribution in [1.29, 1.82) is 0 Å². The molecular formula is C22H38F3NO5. The van der Waals surface area contributed by atoms with Crippen molar-refractivity contribution in [2.75, 3.05) is 6.61 Å². The lowest BCUT2D eigenvalue weighted by Crippen LogP contribution is -2.24. The van der Waals surface area contributed by atoms with Crippen LogP contribution in [0.5, 0.6) is 0 Å². The van der Waals surface area contributed by atoms with E-state index in [9.17, 15) is 27.6 Å². The lowest BCUT2D eigenvalue weighted by Gasteiger charge is -2.19. The Morgan fingerprint density at radius 2 is 1.45 bits per heavy atom. The second-order valence-corrected chi connectivity index (χ2v) is 7.88. The van der Waals surface area contributed by atoms with Gasteiger partial charge in [0.05, 0.1) is 6.61 Å². The first-order valence-corrected chi connectivity index (χ1v) is 11.2. The van der Waals surface area contributed by atoms with Gasteiger partial charge in [0, 0.05) is 25.7 Å². The van der Waals surface area contributed by atoms with Crippen LogP contribution in [0.15, 0.2) is 0 Å². The standard InChI is InChI=1S/C22H38F3NO5/c1-3-30-20(28)15-7-5-4-6-11-18(21(26)29)12-10-14-19(31-17(2)27)13-8-9-16-22(23,24)25/h18-19H,3-16H2,1-2H3,(H2,26,29). The smallest absolute Gasteiger partial charge is 0.389 e. The second-order valence-electron chi connectivity index (χ2n) is 7.88. The van der Waals surface area contributed by atoms with Crippen LogP contribution in [0.4, 0.5) is 13.2 Å². The van der Waals surface area contributed by atoms with E-state index in [0.29, 0.717) is 51.6 Å². The molecule has 0 saturated heterocycles. The molecule has 0 aliphatic rings. The Morgan fingerprint density at radius 1 is 0.871 bits per heavy atom. The van der Waals surface area contributed by atoms with Crippen molar-refractivity contribution in [1.82, 2.24) is 0 Å². The SMILES string of the molecule is CCOC(=O)CCCCCCC(CCCC(CCCCC(F)(F)F)OC(C)=O)C(N)=O. The molecule has 0 saturated carbocycles. The number of amides is 1. The number of unbranched alkanes of at least 4 members (excludes halogenated alkanes) is 4. The molecule has 2 N–H and O–H groups in total. The summed E-state index contributed by atoms with van der Waals surface area (Å²) in [6, 6.07) is 0. The van der Waals surface area contributed by atoms with Gasteiger partial charge in [0.2, 0.25) is 5.91 Å². The molecule has 0 spiro atoms. The van der Waals surface area contributed by atoms with Gasteiger partial charge < -0.3 is 15.2 Å². The van der Waals surface area contributed by atoms with Crippen molar-refractivity contribution in [3.05, 3.63) is 0 Å². The Morgan fingerprint density at radius 3 is 2.03 bits per heavy atom. The molecular weight excluding hydrogens is 415 g/mol. The van der Waals surface area contributed by atoms with Crippen LogP contribution in [-0.2, 0) is 23.9 Å². The van der Waals surface area contributed by atoms with Crippen LogP contribution in [0.1, 0.15) is 97.3 Å². The highest BCUT2D eigenvalue weighted by Crippen LogP contribution is 2.24. The van der Waals surface area contributed by atoms with E-state index in [0.717, 1.165) is 25.7 Å². The number of hydrogen-bond donors (Lipinski definition) is 1. The minimum atomic E-state index is -4.18. The van der Waals surface area contributed by atoms with Gasteiger partial charge >= 0.3 is 18.1 Å². The predicted molar refractivity (Wildman–Crippen MR) is 111 cm³/mol. The fourth-order valence-electron chi connectivity index (χ4n) is 3.46. The summed E-state index contributed by atoms with van der Waals surface area (Å²) in [6.45, 7) is 3.42. The minimum absolute atomic E-state index is 0.00133. The summed E-state index contributed by atoms with van der Waals surface area (Å²) >= 11 is 0. The first kappa shape index (κ1) is 29.2. The summed E-state index contributed by atoms with van der Waals surface area (Å²) in [5.74, 6) is -1.32. The van der Waals surface area contributed by atoms with Gasteiger partial charge in [-0.25, -0.2) is 0 Å². The largest absolute Gasteiger partial charge is 0.466 e. The van der Waals surface area contributed by atoms with Gasteiger partial charge in [-0.1, -0.05) is 19.3 Å². The summed E-state index contributed by atoms with van der Waals surface area (Å²) in [5.41, 5.74) is 5.50. The molecule has 1 amide bonds. The number of carbonyl (C=O) groups excluding carboxylic acids is 3. The maximum atomic E-state index is 12.2. The molecule has 0 aromatic carbocycles. The number of rotatable bonds is 18. The van der Waals surface area contributed by atoms with Crippen LogP contribution in [0.2, 0.25) is 0 Å². The van der Waals surface area contributed by atoms with Gasteiger partial charge in [-0.2, -0.15) is 13.2 Å². The number of hydrogen-bond acceptors (Lipinski definition) is 5. The highest BCUT2D eigenvalue weighted by Gasteiger charge is 2.26. The number of alkyl halides is 3. The minimum Gasteiger partial charge on any atom is -0.466 e. The fraction of sp³-hybridized carbons (Fsp3) is 0.864. The zero-order chi connectivity index (χ0) is 23.7. The Kier molecular flexibility index (Phi) is 15.9. The third-order valence-corrected chi connectivity index (χ3v) is 5.04. The maximum absolute atomic E-state index is 12.2. The molecule has 0 aliphatic heterocycles. The zero-order valence-electron chi connectivity index (χ0n) is 18.8. The summed E-state index contributed by atoms with van der Waals surface area (Å²) in [6.07, 6.45) is 1.26. The fourth-order valence-corrected chi connectivity index (χ4v) is 3.46. The molecule has 0 heterocycles. The molecule has 0 aromatic heterocycles. The van der Waals surface area contributed by atoms with Crippen molar-refractivity contribution in [2.45, 2.75) is 110 Å². The van der Waals surface area contributed by atoms with Gasteiger partial charge in [-0.15, -0.1) is 0 Å². The molecule has 0 fully saturated rings. The van der Waals surface area contributed by atoms with Gasteiger partial charge in [0.15, 0.2) is 0 Å². The van der Waals surface area contributed by atoms with E-state index in [2.05, 4.69) is 0 Å². The topological polar surface area (TPSA) is 95.7 Å². The second kappa shape index (κ2) is 16.8. The van der Waals surface area contributed by atoms with E-state index < -0.39 is 24.7 Å². The lowest BCUT2D eigenvalue weighted by atomic mass is 9.93. The maximum Gasteiger partial charge on any atom is 0.389 e. The average Bonchev–Trinajstić information content (AvgIpc) is 2.64. The van der Waals surface area contributed by atoms with Crippen LogP contribution in [0.25, 0.3) is 0 Å². The van der Waals surface area contributed by atoms with Gasteiger partial charge in [0.25, 0.3) is 0 Å². The van der Waals surface area contributed by atoms with Crippen LogP contribution in [-0.4, -0.2) is 36.7 Å². The van der Waals surface area contributed by atoms with E-state index in [4.69, 9.17) is 15.2 Å². The van der Waals surface area contributed by atoms with Gasteiger partial charge in [0.1, 0.15) is 6.10 Å². The summed E-state index contributed by atoms with van der Waals surface area (Å²) < 4.78 is 46.8. The van der Waals surface area contributed by atoms with Crippen molar-refractivity contribution in [3.8, 4) is 0 Å². The average molecular weight is 454 g/mol. The molecule has 2 unspecified atom stereocenters. The highest BCUT2D eigenvalue weighted by atomic mass is 19.4. The van der Waals surface area contributed by atoms with Crippen molar-refractivity contribution in [2.24, 2.45) is 11.7 Å². The Bertz CT molecular complexity index is 526. The molecule has 0 aromatic rings. The molecule has 0 bridgehead atoms. The van der Waals surface area contributed by atoms with Gasteiger partial charge in [-0.05, 0) is 58.3 Å². The van der Waals surface area contributed by atoms with Gasteiger partial charge in [-0.3, -0.25) is 14.4 Å².